The molecule has 0 amide bonds. The van der Waals surface area contributed by atoms with Gasteiger partial charge in [-0.25, -0.2) is 4.79 Å². The predicted molar refractivity (Wildman–Crippen MR) is 80.6 cm³/mol. The molecule has 0 bridgehead atoms. The molecule has 108 valence electrons. The van der Waals surface area contributed by atoms with E-state index in [-0.39, 0.29) is 0 Å². The van der Waals surface area contributed by atoms with Gasteiger partial charge in [-0.05, 0) is 29.0 Å². The molecule has 0 spiro atoms. The molecule has 0 aromatic heterocycles. The van der Waals surface area contributed by atoms with E-state index in [4.69, 9.17) is 9.47 Å². The number of carbonyl (C=O) groups excluding carboxylic acids is 2. The zero-order chi connectivity index (χ0) is 15.1. The number of ether oxygens (including phenoxy) is 2. The summed E-state index contributed by atoms with van der Waals surface area (Å²) in [4.78, 5) is 21.6. The van der Waals surface area contributed by atoms with E-state index in [0.717, 1.165) is 28.9 Å². The third-order valence-corrected chi connectivity index (χ3v) is 2.94. The van der Waals surface area contributed by atoms with Crippen LogP contribution in [-0.4, -0.2) is 25.5 Å². The van der Waals surface area contributed by atoms with Gasteiger partial charge in [0.2, 0.25) is 0 Å². The molecule has 0 atom stereocenters. The van der Waals surface area contributed by atoms with Gasteiger partial charge in [0.25, 0.3) is 0 Å². The first-order valence-corrected chi connectivity index (χ1v) is 6.64. The van der Waals surface area contributed by atoms with Crippen molar-refractivity contribution in [3.63, 3.8) is 0 Å². The molecule has 0 N–H and O–H groups in total. The lowest BCUT2D eigenvalue weighted by Gasteiger charge is -2.07. The molecular formula is C17H16O4. The molecule has 0 fully saturated rings. The second kappa shape index (κ2) is 7.24. The highest BCUT2D eigenvalue weighted by molar-refractivity contribution is 5.89. The summed E-state index contributed by atoms with van der Waals surface area (Å²) in [6, 6.07) is 11.2. The first kappa shape index (κ1) is 14.8. The SMILES string of the molecule is C=CC(=O)OCCCOc1ccc2cc(C=O)ccc2c1. The Morgan fingerprint density at radius 3 is 2.62 bits per heavy atom. The van der Waals surface area contributed by atoms with Crippen LogP contribution in [0.3, 0.4) is 0 Å². The molecule has 0 saturated heterocycles. The lowest BCUT2D eigenvalue weighted by atomic mass is 10.1. The van der Waals surface area contributed by atoms with E-state index in [1.807, 2.05) is 30.3 Å². The topological polar surface area (TPSA) is 52.6 Å². The minimum Gasteiger partial charge on any atom is -0.493 e. The highest BCUT2D eigenvalue weighted by atomic mass is 16.5. The molecule has 2 rings (SSSR count). The Bertz CT molecular complexity index is 661. The normalized spacial score (nSPS) is 10.1. The van der Waals surface area contributed by atoms with Crippen LogP contribution in [0.4, 0.5) is 0 Å². The Hall–Kier alpha value is -2.62. The van der Waals surface area contributed by atoms with Crippen molar-refractivity contribution >= 4 is 23.0 Å². The van der Waals surface area contributed by atoms with Crippen molar-refractivity contribution in [1.29, 1.82) is 0 Å². The van der Waals surface area contributed by atoms with E-state index in [0.29, 0.717) is 25.2 Å². The number of aldehydes is 1. The third-order valence-electron chi connectivity index (χ3n) is 2.94. The zero-order valence-electron chi connectivity index (χ0n) is 11.6. The molecule has 0 saturated carbocycles. The van der Waals surface area contributed by atoms with Crippen molar-refractivity contribution in [3.05, 3.63) is 54.6 Å². The van der Waals surface area contributed by atoms with Crippen LogP contribution < -0.4 is 4.74 Å². The standard InChI is InChI=1S/C17H16O4/c1-2-17(19)21-9-3-8-20-16-7-6-14-10-13(12-18)4-5-15(14)11-16/h2,4-7,10-12H,1,3,8-9H2. The maximum Gasteiger partial charge on any atom is 0.330 e. The molecule has 2 aromatic rings. The van der Waals surface area contributed by atoms with Crippen LogP contribution in [0.25, 0.3) is 10.8 Å². The molecule has 0 heterocycles. The maximum absolute atomic E-state index is 10.8. The second-order valence-electron chi connectivity index (χ2n) is 4.46. The van der Waals surface area contributed by atoms with Gasteiger partial charge in [-0.2, -0.15) is 0 Å². The molecule has 0 radical (unpaired) electrons. The molecule has 4 nitrogen and oxygen atoms in total. The van der Waals surface area contributed by atoms with Crippen LogP contribution in [0.1, 0.15) is 16.8 Å². The van der Waals surface area contributed by atoms with Gasteiger partial charge in [0, 0.05) is 18.1 Å². The van der Waals surface area contributed by atoms with Crippen molar-refractivity contribution in [3.8, 4) is 5.75 Å². The summed E-state index contributed by atoms with van der Waals surface area (Å²) in [7, 11) is 0. The molecule has 4 heteroatoms. The summed E-state index contributed by atoms with van der Waals surface area (Å²) < 4.78 is 10.5. The third kappa shape index (κ3) is 4.18. The summed E-state index contributed by atoms with van der Waals surface area (Å²) in [5, 5.41) is 2.00. The Morgan fingerprint density at radius 2 is 1.86 bits per heavy atom. The van der Waals surface area contributed by atoms with Crippen LogP contribution in [0, 0.1) is 0 Å². The van der Waals surface area contributed by atoms with Crippen molar-refractivity contribution in [2.24, 2.45) is 0 Å². The van der Waals surface area contributed by atoms with Crippen LogP contribution in [0.2, 0.25) is 0 Å². The Balaban J connectivity index is 1.89. The van der Waals surface area contributed by atoms with Gasteiger partial charge in [-0.3, -0.25) is 4.79 Å². The number of rotatable bonds is 7. The van der Waals surface area contributed by atoms with Crippen LogP contribution in [-0.2, 0) is 9.53 Å². The summed E-state index contributed by atoms with van der Waals surface area (Å²) >= 11 is 0. The highest BCUT2D eigenvalue weighted by Gasteiger charge is 2.00. The summed E-state index contributed by atoms with van der Waals surface area (Å²) in [6.07, 6.45) is 2.58. The highest BCUT2D eigenvalue weighted by Crippen LogP contribution is 2.21. The van der Waals surface area contributed by atoms with E-state index in [9.17, 15) is 9.59 Å². The van der Waals surface area contributed by atoms with E-state index in [1.165, 1.54) is 0 Å². The monoisotopic (exact) mass is 284 g/mol. The van der Waals surface area contributed by atoms with Gasteiger partial charge in [-0.1, -0.05) is 24.8 Å². The fraction of sp³-hybridized carbons (Fsp3) is 0.176. The van der Waals surface area contributed by atoms with Crippen molar-refractivity contribution < 1.29 is 19.1 Å². The summed E-state index contributed by atoms with van der Waals surface area (Å²) in [6.45, 7) is 4.09. The Labute approximate surface area is 123 Å². The quantitative estimate of drug-likeness (QED) is 0.339. The lowest BCUT2D eigenvalue weighted by Crippen LogP contribution is -2.06. The maximum atomic E-state index is 10.8. The number of hydrogen-bond acceptors (Lipinski definition) is 4. The number of hydrogen-bond donors (Lipinski definition) is 0. The zero-order valence-corrected chi connectivity index (χ0v) is 11.6. The number of fused-ring (bicyclic) bond motifs is 1. The molecule has 0 aliphatic heterocycles. The van der Waals surface area contributed by atoms with E-state index < -0.39 is 5.97 Å². The minimum atomic E-state index is -0.424. The van der Waals surface area contributed by atoms with Crippen molar-refractivity contribution in [2.75, 3.05) is 13.2 Å². The number of esters is 1. The molecular weight excluding hydrogens is 268 g/mol. The summed E-state index contributed by atoms with van der Waals surface area (Å²) in [5.74, 6) is 0.322. The lowest BCUT2D eigenvalue weighted by molar-refractivity contribution is -0.137. The number of benzene rings is 2. The molecule has 0 aliphatic rings. The summed E-state index contributed by atoms with van der Waals surface area (Å²) in [5.41, 5.74) is 0.653. The molecule has 0 unspecified atom stereocenters. The average molecular weight is 284 g/mol. The van der Waals surface area contributed by atoms with E-state index in [2.05, 4.69) is 6.58 Å². The van der Waals surface area contributed by atoms with Crippen LogP contribution in [0.15, 0.2) is 49.1 Å². The number of carbonyl (C=O) groups is 2. The van der Waals surface area contributed by atoms with Crippen molar-refractivity contribution in [1.82, 2.24) is 0 Å². The van der Waals surface area contributed by atoms with Gasteiger partial charge in [0.05, 0.1) is 13.2 Å². The minimum absolute atomic E-state index is 0.307. The second-order valence-corrected chi connectivity index (χ2v) is 4.46. The fourth-order valence-electron chi connectivity index (χ4n) is 1.89. The van der Waals surface area contributed by atoms with Gasteiger partial charge in [-0.15, -0.1) is 0 Å². The average Bonchev–Trinajstić information content (AvgIpc) is 2.53. The van der Waals surface area contributed by atoms with E-state index in [1.54, 1.807) is 6.07 Å². The predicted octanol–water partition coefficient (Wildman–Crippen LogP) is 3.15. The molecule has 0 aliphatic carbocycles. The molecule has 2 aromatic carbocycles. The Kier molecular flexibility index (Phi) is 5.10. The Morgan fingerprint density at radius 1 is 1.10 bits per heavy atom. The van der Waals surface area contributed by atoms with Gasteiger partial charge < -0.3 is 9.47 Å². The fourth-order valence-corrected chi connectivity index (χ4v) is 1.89. The smallest absolute Gasteiger partial charge is 0.330 e. The first-order valence-electron chi connectivity index (χ1n) is 6.64. The van der Waals surface area contributed by atoms with Crippen LogP contribution in [0.5, 0.6) is 5.75 Å². The molecule has 21 heavy (non-hydrogen) atoms. The van der Waals surface area contributed by atoms with Crippen molar-refractivity contribution in [2.45, 2.75) is 6.42 Å². The van der Waals surface area contributed by atoms with Gasteiger partial charge >= 0.3 is 5.97 Å². The largest absolute Gasteiger partial charge is 0.493 e. The first-order chi connectivity index (χ1) is 10.2. The van der Waals surface area contributed by atoms with Crippen LogP contribution >= 0.6 is 0 Å². The van der Waals surface area contributed by atoms with Gasteiger partial charge in [0.1, 0.15) is 12.0 Å². The van der Waals surface area contributed by atoms with E-state index >= 15 is 0 Å². The van der Waals surface area contributed by atoms with Gasteiger partial charge in [0.15, 0.2) is 0 Å².